The van der Waals surface area contributed by atoms with E-state index < -0.39 is 10.1 Å². The molecule has 6 nitrogen and oxygen atoms in total. The van der Waals surface area contributed by atoms with Crippen molar-refractivity contribution >= 4 is 15.8 Å². The molecule has 0 aromatic heterocycles. The smallest absolute Gasteiger partial charge is 0.310 e. The van der Waals surface area contributed by atoms with Crippen molar-refractivity contribution in [3.8, 4) is 11.5 Å². The fourth-order valence-corrected chi connectivity index (χ4v) is 3.90. The van der Waals surface area contributed by atoms with Gasteiger partial charge in [0.15, 0.2) is 0 Å². The van der Waals surface area contributed by atoms with Gasteiger partial charge in [-0.25, -0.2) is 0 Å². The fourth-order valence-electron chi connectivity index (χ4n) is 2.93. The van der Waals surface area contributed by atoms with Crippen LogP contribution in [0.2, 0.25) is 0 Å². The zero-order valence-corrected chi connectivity index (χ0v) is 15.7. The standard InChI is InChI=1S/C19H24N2O4S/c1-24-18-9-7-17(8-10-18)21-13-11-20(12-14-21)15-16-26(22,23)25-19-5-3-2-4-6-19/h2-10H,11-16H2,1H3. The number of benzene rings is 2. The van der Waals surface area contributed by atoms with Gasteiger partial charge in [-0.2, -0.15) is 8.42 Å². The van der Waals surface area contributed by atoms with Crippen molar-refractivity contribution in [2.45, 2.75) is 0 Å². The van der Waals surface area contributed by atoms with E-state index in [1.54, 1.807) is 31.4 Å². The molecule has 0 radical (unpaired) electrons. The Morgan fingerprint density at radius 1 is 0.885 bits per heavy atom. The maximum atomic E-state index is 12.1. The average molecular weight is 376 g/mol. The third-order valence-corrected chi connectivity index (χ3v) is 5.56. The minimum Gasteiger partial charge on any atom is -0.497 e. The normalized spacial score (nSPS) is 15.7. The summed E-state index contributed by atoms with van der Waals surface area (Å²) in [6.45, 7) is 3.86. The monoisotopic (exact) mass is 376 g/mol. The van der Waals surface area contributed by atoms with Crippen LogP contribution >= 0.6 is 0 Å². The minimum absolute atomic E-state index is 0.00949. The van der Waals surface area contributed by atoms with E-state index in [2.05, 4.69) is 9.80 Å². The molecule has 26 heavy (non-hydrogen) atoms. The van der Waals surface area contributed by atoms with E-state index in [1.165, 1.54) is 0 Å². The van der Waals surface area contributed by atoms with Crippen LogP contribution in [0.25, 0.3) is 0 Å². The maximum absolute atomic E-state index is 12.1. The number of methoxy groups -OCH3 is 1. The van der Waals surface area contributed by atoms with Crippen LogP contribution in [0, 0.1) is 0 Å². The summed E-state index contributed by atoms with van der Waals surface area (Å²) in [4.78, 5) is 4.46. The minimum atomic E-state index is -3.58. The largest absolute Gasteiger partial charge is 0.497 e. The Kier molecular flexibility index (Phi) is 6.00. The lowest BCUT2D eigenvalue weighted by Crippen LogP contribution is -2.47. The number of hydrogen-bond donors (Lipinski definition) is 0. The van der Waals surface area contributed by atoms with E-state index in [0.29, 0.717) is 12.3 Å². The summed E-state index contributed by atoms with van der Waals surface area (Å²) >= 11 is 0. The van der Waals surface area contributed by atoms with Crippen LogP contribution in [0.5, 0.6) is 11.5 Å². The fraction of sp³-hybridized carbons (Fsp3) is 0.368. The van der Waals surface area contributed by atoms with Crippen LogP contribution in [0.4, 0.5) is 5.69 Å². The Balaban J connectivity index is 1.46. The van der Waals surface area contributed by atoms with E-state index in [9.17, 15) is 8.42 Å². The summed E-state index contributed by atoms with van der Waals surface area (Å²) in [5, 5.41) is 0. The molecule has 0 amide bonds. The van der Waals surface area contributed by atoms with Crippen molar-refractivity contribution in [3.63, 3.8) is 0 Å². The molecule has 140 valence electrons. The molecule has 0 unspecified atom stereocenters. The lowest BCUT2D eigenvalue weighted by Gasteiger charge is -2.36. The molecular formula is C19H24N2O4S. The first-order valence-electron chi connectivity index (χ1n) is 8.64. The highest BCUT2D eigenvalue weighted by molar-refractivity contribution is 7.87. The summed E-state index contributed by atoms with van der Waals surface area (Å²) < 4.78 is 34.5. The maximum Gasteiger partial charge on any atom is 0.310 e. The van der Waals surface area contributed by atoms with E-state index in [0.717, 1.165) is 37.6 Å². The van der Waals surface area contributed by atoms with Crippen LogP contribution in [-0.4, -0.2) is 58.9 Å². The lowest BCUT2D eigenvalue weighted by atomic mass is 10.2. The quantitative estimate of drug-likeness (QED) is 0.691. The Hall–Kier alpha value is -2.25. The Labute approximate surface area is 155 Å². The van der Waals surface area contributed by atoms with E-state index in [4.69, 9.17) is 8.92 Å². The van der Waals surface area contributed by atoms with E-state index >= 15 is 0 Å². The number of anilines is 1. The lowest BCUT2D eigenvalue weighted by molar-refractivity contribution is 0.270. The molecule has 2 aromatic carbocycles. The predicted molar refractivity (Wildman–Crippen MR) is 103 cm³/mol. The number of para-hydroxylation sites is 1. The highest BCUT2D eigenvalue weighted by Crippen LogP contribution is 2.20. The van der Waals surface area contributed by atoms with Crippen LogP contribution < -0.4 is 13.8 Å². The molecule has 0 N–H and O–H groups in total. The number of ether oxygens (including phenoxy) is 1. The second-order valence-electron chi connectivity index (χ2n) is 6.18. The van der Waals surface area contributed by atoms with Gasteiger partial charge in [0.25, 0.3) is 0 Å². The van der Waals surface area contributed by atoms with Gasteiger partial charge in [0.05, 0.1) is 12.9 Å². The molecule has 0 aliphatic carbocycles. The van der Waals surface area contributed by atoms with Gasteiger partial charge >= 0.3 is 10.1 Å². The van der Waals surface area contributed by atoms with Gasteiger partial charge in [-0.3, -0.25) is 4.90 Å². The summed E-state index contributed by atoms with van der Waals surface area (Å²) in [7, 11) is -1.92. The first-order chi connectivity index (χ1) is 12.6. The highest BCUT2D eigenvalue weighted by Gasteiger charge is 2.20. The topological polar surface area (TPSA) is 59.1 Å². The van der Waals surface area contributed by atoms with Gasteiger partial charge in [-0.1, -0.05) is 18.2 Å². The summed E-state index contributed by atoms with van der Waals surface area (Å²) in [5.74, 6) is 1.19. The van der Waals surface area contributed by atoms with E-state index in [-0.39, 0.29) is 5.75 Å². The molecule has 0 saturated carbocycles. The van der Waals surface area contributed by atoms with Gasteiger partial charge < -0.3 is 13.8 Å². The first kappa shape index (κ1) is 18.5. The SMILES string of the molecule is COc1ccc(N2CCN(CCS(=O)(=O)Oc3ccccc3)CC2)cc1. The molecular weight excluding hydrogens is 352 g/mol. The van der Waals surface area contributed by atoms with Gasteiger partial charge in [-0.15, -0.1) is 0 Å². The molecule has 7 heteroatoms. The molecule has 3 rings (SSSR count). The third kappa shape index (κ3) is 5.12. The summed E-state index contributed by atoms with van der Waals surface area (Å²) in [5.41, 5.74) is 1.16. The van der Waals surface area contributed by atoms with Crippen LogP contribution in [0.15, 0.2) is 54.6 Å². The van der Waals surface area contributed by atoms with Gasteiger partial charge in [0, 0.05) is 38.4 Å². The zero-order chi connectivity index (χ0) is 18.4. The average Bonchev–Trinajstić information content (AvgIpc) is 2.67. The number of hydrogen-bond acceptors (Lipinski definition) is 6. The zero-order valence-electron chi connectivity index (χ0n) is 14.9. The van der Waals surface area contributed by atoms with Crippen molar-refractivity contribution in [2.24, 2.45) is 0 Å². The molecule has 0 spiro atoms. The number of piperazine rings is 1. The third-order valence-electron chi connectivity index (χ3n) is 4.43. The molecule has 0 atom stereocenters. The summed E-state index contributed by atoms with van der Waals surface area (Å²) in [6.07, 6.45) is 0. The van der Waals surface area contributed by atoms with Crippen LogP contribution in [0.1, 0.15) is 0 Å². The van der Waals surface area contributed by atoms with Gasteiger partial charge in [0.1, 0.15) is 11.5 Å². The number of rotatable bonds is 7. The van der Waals surface area contributed by atoms with Crippen molar-refractivity contribution in [3.05, 3.63) is 54.6 Å². The molecule has 1 aliphatic heterocycles. The molecule has 1 heterocycles. The Morgan fingerprint density at radius 2 is 1.54 bits per heavy atom. The Bertz CT molecular complexity index is 786. The van der Waals surface area contributed by atoms with Crippen molar-refractivity contribution in [2.75, 3.05) is 50.5 Å². The molecule has 1 aliphatic rings. The first-order valence-corrected chi connectivity index (χ1v) is 10.2. The molecule has 1 fully saturated rings. The molecule has 0 bridgehead atoms. The summed E-state index contributed by atoms with van der Waals surface area (Å²) in [6, 6.07) is 16.6. The second-order valence-corrected chi connectivity index (χ2v) is 7.88. The Morgan fingerprint density at radius 3 is 2.15 bits per heavy atom. The van der Waals surface area contributed by atoms with Gasteiger partial charge in [0.2, 0.25) is 0 Å². The highest BCUT2D eigenvalue weighted by atomic mass is 32.2. The molecule has 2 aromatic rings. The van der Waals surface area contributed by atoms with Crippen molar-refractivity contribution < 1.29 is 17.3 Å². The van der Waals surface area contributed by atoms with Crippen molar-refractivity contribution in [1.29, 1.82) is 0 Å². The van der Waals surface area contributed by atoms with Crippen LogP contribution in [0.3, 0.4) is 0 Å². The van der Waals surface area contributed by atoms with Crippen molar-refractivity contribution in [1.82, 2.24) is 4.90 Å². The molecule has 1 saturated heterocycles. The van der Waals surface area contributed by atoms with E-state index in [1.807, 2.05) is 30.3 Å². The number of nitrogens with zero attached hydrogens (tertiary/aromatic N) is 2. The second kappa shape index (κ2) is 8.42. The predicted octanol–water partition coefficient (Wildman–Crippen LogP) is 2.23. The van der Waals surface area contributed by atoms with Crippen LogP contribution in [-0.2, 0) is 10.1 Å². The van der Waals surface area contributed by atoms with Gasteiger partial charge in [-0.05, 0) is 36.4 Å².